The predicted molar refractivity (Wildman–Crippen MR) is 99.7 cm³/mol. The monoisotopic (exact) mass is 403 g/mol. The van der Waals surface area contributed by atoms with Crippen LogP contribution in [0.25, 0.3) is 21.8 Å². The summed E-state index contributed by atoms with van der Waals surface area (Å²) in [7, 11) is 1.80. The first-order valence-corrected chi connectivity index (χ1v) is 9.42. The van der Waals surface area contributed by atoms with Crippen LogP contribution in [0.1, 0.15) is 10.5 Å². The molecule has 3 aromatic heterocycles. The van der Waals surface area contributed by atoms with Gasteiger partial charge in [0.2, 0.25) is 0 Å². The number of hydrogen-bond donors (Lipinski definition) is 1. The highest BCUT2D eigenvalue weighted by Crippen LogP contribution is 2.27. The molecule has 0 radical (unpaired) electrons. The number of benzene rings is 1. The van der Waals surface area contributed by atoms with Gasteiger partial charge in [-0.15, -0.1) is 22.7 Å². The second-order valence-electron chi connectivity index (χ2n) is 5.56. The Labute approximate surface area is 160 Å². The van der Waals surface area contributed by atoms with Gasteiger partial charge in [-0.2, -0.15) is 5.10 Å². The normalized spacial score (nSPS) is 10.9. The molecule has 0 bridgehead atoms. The second-order valence-corrected chi connectivity index (χ2v) is 7.28. The molecule has 0 unspecified atom stereocenters. The van der Waals surface area contributed by atoms with Crippen LogP contribution in [0, 0.1) is 11.6 Å². The molecule has 0 spiro atoms. The summed E-state index contributed by atoms with van der Waals surface area (Å²) in [6.07, 6.45) is 3.49. The minimum Gasteiger partial charge on any atom is -0.296 e. The zero-order valence-electron chi connectivity index (χ0n) is 13.8. The van der Waals surface area contributed by atoms with Gasteiger partial charge in [-0.3, -0.25) is 14.8 Å². The summed E-state index contributed by atoms with van der Waals surface area (Å²) in [4.78, 5) is 20.9. The summed E-state index contributed by atoms with van der Waals surface area (Å²) >= 11 is 2.53. The van der Waals surface area contributed by atoms with Crippen molar-refractivity contribution in [1.29, 1.82) is 0 Å². The molecule has 0 saturated carbocycles. The van der Waals surface area contributed by atoms with Crippen molar-refractivity contribution in [1.82, 2.24) is 19.7 Å². The van der Waals surface area contributed by atoms with Crippen molar-refractivity contribution >= 4 is 33.7 Å². The Morgan fingerprint density at radius 1 is 1.11 bits per heavy atom. The van der Waals surface area contributed by atoms with Crippen molar-refractivity contribution in [3.63, 3.8) is 0 Å². The van der Waals surface area contributed by atoms with E-state index in [-0.39, 0.29) is 5.69 Å². The van der Waals surface area contributed by atoms with Gasteiger partial charge < -0.3 is 0 Å². The van der Waals surface area contributed by atoms with E-state index in [4.69, 9.17) is 0 Å². The maximum absolute atomic E-state index is 13.4. The van der Waals surface area contributed by atoms with E-state index in [0.717, 1.165) is 17.7 Å². The number of aryl methyl sites for hydroxylation is 1. The maximum atomic E-state index is 13.4. The average Bonchev–Trinajstić information content (AvgIpc) is 3.37. The van der Waals surface area contributed by atoms with Crippen molar-refractivity contribution in [3.8, 4) is 21.8 Å². The SMILES string of the molecule is Cn1cc(-c2nc(C(=O)Nc3nc(-c4ccc(F)c(F)c4)cs3)cs2)cn1. The lowest BCUT2D eigenvalue weighted by molar-refractivity contribution is 0.102. The van der Waals surface area contributed by atoms with Crippen LogP contribution < -0.4 is 5.32 Å². The smallest absolute Gasteiger partial charge is 0.276 e. The highest BCUT2D eigenvalue weighted by atomic mass is 32.1. The van der Waals surface area contributed by atoms with Crippen LogP contribution in [0.3, 0.4) is 0 Å². The minimum atomic E-state index is -0.948. The largest absolute Gasteiger partial charge is 0.296 e. The van der Waals surface area contributed by atoms with Gasteiger partial charge in [0.1, 0.15) is 10.7 Å². The summed E-state index contributed by atoms with van der Waals surface area (Å²) in [5, 5.41) is 11.1. The van der Waals surface area contributed by atoms with E-state index in [1.165, 1.54) is 28.7 Å². The fourth-order valence-corrected chi connectivity index (χ4v) is 3.81. The Bertz CT molecular complexity index is 1130. The standard InChI is InChI=1S/C17H11F2N5OS2/c1-24-6-10(5-20-24)16-21-14(8-26-16)15(25)23-17-22-13(7-27-17)9-2-3-11(18)12(19)4-9/h2-8H,1H3,(H,22,23,25). The molecule has 4 aromatic rings. The number of amides is 1. The van der Waals surface area contributed by atoms with Gasteiger partial charge in [0, 0.05) is 35.1 Å². The van der Waals surface area contributed by atoms with Gasteiger partial charge in [-0.05, 0) is 18.2 Å². The zero-order valence-corrected chi connectivity index (χ0v) is 15.4. The van der Waals surface area contributed by atoms with E-state index in [2.05, 4.69) is 20.4 Å². The van der Waals surface area contributed by atoms with E-state index in [9.17, 15) is 13.6 Å². The summed E-state index contributed by atoms with van der Waals surface area (Å²) < 4.78 is 28.1. The van der Waals surface area contributed by atoms with Crippen molar-refractivity contribution in [2.75, 3.05) is 5.32 Å². The third kappa shape index (κ3) is 3.62. The van der Waals surface area contributed by atoms with Gasteiger partial charge in [-0.1, -0.05) is 0 Å². The molecule has 3 heterocycles. The third-order valence-electron chi connectivity index (χ3n) is 3.63. The highest BCUT2D eigenvalue weighted by molar-refractivity contribution is 7.14. The molecule has 0 aliphatic carbocycles. The molecule has 0 aliphatic rings. The summed E-state index contributed by atoms with van der Waals surface area (Å²) in [5.74, 6) is -2.26. The first kappa shape index (κ1) is 17.4. The van der Waals surface area contributed by atoms with E-state index >= 15 is 0 Å². The fraction of sp³-hybridized carbons (Fsp3) is 0.0588. The maximum Gasteiger partial charge on any atom is 0.276 e. The molecule has 27 heavy (non-hydrogen) atoms. The molecule has 1 N–H and O–H groups in total. The predicted octanol–water partition coefficient (Wildman–Crippen LogP) is 4.20. The van der Waals surface area contributed by atoms with Crippen molar-refractivity contribution < 1.29 is 13.6 Å². The summed E-state index contributed by atoms with van der Waals surface area (Å²) in [6.45, 7) is 0. The van der Waals surface area contributed by atoms with E-state index < -0.39 is 17.5 Å². The number of nitrogens with one attached hydrogen (secondary N) is 1. The number of rotatable bonds is 4. The van der Waals surface area contributed by atoms with Crippen LogP contribution >= 0.6 is 22.7 Å². The van der Waals surface area contributed by atoms with Crippen LogP contribution in [-0.2, 0) is 7.05 Å². The van der Waals surface area contributed by atoms with Crippen molar-refractivity contribution in [2.24, 2.45) is 7.05 Å². The molecule has 0 saturated heterocycles. The van der Waals surface area contributed by atoms with Crippen LogP contribution in [-0.4, -0.2) is 25.7 Å². The zero-order chi connectivity index (χ0) is 19.0. The Morgan fingerprint density at radius 3 is 2.70 bits per heavy atom. The second kappa shape index (κ2) is 6.97. The van der Waals surface area contributed by atoms with Crippen molar-refractivity contribution in [2.45, 2.75) is 0 Å². The topological polar surface area (TPSA) is 72.7 Å². The lowest BCUT2D eigenvalue weighted by Gasteiger charge is -1.99. The first-order valence-electron chi connectivity index (χ1n) is 7.66. The van der Waals surface area contributed by atoms with E-state index in [0.29, 0.717) is 21.4 Å². The van der Waals surface area contributed by atoms with Crippen molar-refractivity contribution in [3.05, 3.63) is 58.7 Å². The Morgan fingerprint density at radius 2 is 1.96 bits per heavy atom. The Hall–Kier alpha value is -2.98. The first-order chi connectivity index (χ1) is 13.0. The van der Waals surface area contributed by atoms with Crippen LogP contribution in [0.4, 0.5) is 13.9 Å². The number of carbonyl (C=O) groups is 1. The minimum absolute atomic E-state index is 0.267. The molecule has 0 fully saturated rings. The Kier molecular flexibility index (Phi) is 4.50. The van der Waals surface area contributed by atoms with Gasteiger partial charge in [0.05, 0.1) is 11.9 Å². The molecule has 136 valence electrons. The number of thiazole rings is 2. The van der Waals surface area contributed by atoms with Gasteiger partial charge in [0.15, 0.2) is 16.8 Å². The third-order valence-corrected chi connectivity index (χ3v) is 5.28. The van der Waals surface area contributed by atoms with Crippen LogP contribution in [0.15, 0.2) is 41.4 Å². The van der Waals surface area contributed by atoms with Gasteiger partial charge in [-0.25, -0.2) is 18.7 Å². The van der Waals surface area contributed by atoms with E-state index in [1.54, 1.807) is 28.7 Å². The molecule has 1 amide bonds. The van der Waals surface area contributed by atoms with Crippen LogP contribution in [0.5, 0.6) is 0 Å². The molecular formula is C17H11F2N5OS2. The van der Waals surface area contributed by atoms with Gasteiger partial charge in [0.25, 0.3) is 5.91 Å². The lowest BCUT2D eigenvalue weighted by atomic mass is 10.2. The molecular weight excluding hydrogens is 392 g/mol. The molecule has 1 aromatic carbocycles. The molecule has 0 atom stereocenters. The average molecular weight is 403 g/mol. The molecule has 6 nitrogen and oxygen atoms in total. The summed E-state index contributed by atoms with van der Waals surface area (Å²) in [5.41, 5.74) is 1.97. The molecule has 0 aliphatic heterocycles. The highest BCUT2D eigenvalue weighted by Gasteiger charge is 2.15. The molecule has 4 rings (SSSR count). The number of hydrogen-bond acceptors (Lipinski definition) is 6. The van der Waals surface area contributed by atoms with Gasteiger partial charge >= 0.3 is 0 Å². The number of aromatic nitrogens is 4. The number of anilines is 1. The quantitative estimate of drug-likeness (QED) is 0.554. The summed E-state index contributed by atoms with van der Waals surface area (Å²) in [6, 6.07) is 3.54. The van der Waals surface area contributed by atoms with E-state index in [1.807, 2.05) is 6.20 Å². The molecule has 10 heteroatoms. The fourth-order valence-electron chi connectivity index (χ4n) is 2.32. The Balaban J connectivity index is 1.50. The number of nitrogens with zero attached hydrogens (tertiary/aromatic N) is 4. The number of halogens is 2. The van der Waals surface area contributed by atoms with Crippen LogP contribution in [0.2, 0.25) is 0 Å². The lowest BCUT2D eigenvalue weighted by Crippen LogP contribution is -2.12. The number of carbonyl (C=O) groups excluding carboxylic acids is 1.